The molecule has 0 saturated carbocycles. The van der Waals surface area contributed by atoms with E-state index < -0.39 is 0 Å². The number of hydrogen-bond donors (Lipinski definition) is 0. The molecule has 0 fully saturated rings. The Bertz CT molecular complexity index is 590. The van der Waals surface area contributed by atoms with Gasteiger partial charge in [-0.05, 0) is 31.5 Å². The van der Waals surface area contributed by atoms with E-state index >= 15 is 0 Å². The number of likely N-dealkylation sites (N-methyl/N-ethyl adjacent to an activating group) is 1. The minimum atomic E-state index is -0.325. The first kappa shape index (κ1) is 13.7. The number of halogens is 1. The van der Waals surface area contributed by atoms with Crippen LogP contribution in [0.4, 0.5) is 9.52 Å². The van der Waals surface area contributed by atoms with Crippen LogP contribution in [0.1, 0.15) is 16.1 Å². The lowest BCUT2D eigenvalue weighted by Crippen LogP contribution is -2.27. The van der Waals surface area contributed by atoms with Crippen molar-refractivity contribution < 1.29 is 9.18 Å². The SMILES string of the molecule is Cc1nc(N(C)C(=O)Cc2cccc(F)c2)sc1C. The van der Waals surface area contributed by atoms with Crippen LogP contribution in [0.5, 0.6) is 0 Å². The standard InChI is InChI=1S/C14H15FN2OS/c1-9-10(2)19-14(16-9)17(3)13(18)8-11-5-4-6-12(15)7-11/h4-7H,8H2,1-3H3. The number of amides is 1. The fraction of sp³-hybridized carbons (Fsp3) is 0.286. The first-order valence-electron chi connectivity index (χ1n) is 5.92. The van der Waals surface area contributed by atoms with Crippen molar-refractivity contribution in [3.63, 3.8) is 0 Å². The molecule has 0 unspecified atom stereocenters. The van der Waals surface area contributed by atoms with Gasteiger partial charge in [0.25, 0.3) is 0 Å². The maximum atomic E-state index is 13.1. The van der Waals surface area contributed by atoms with Crippen LogP contribution in [-0.2, 0) is 11.2 Å². The molecule has 0 spiro atoms. The van der Waals surface area contributed by atoms with Gasteiger partial charge in [0.05, 0.1) is 12.1 Å². The average Bonchev–Trinajstić information content (AvgIpc) is 2.68. The van der Waals surface area contributed by atoms with Gasteiger partial charge in [0.15, 0.2) is 5.13 Å². The number of hydrogen-bond acceptors (Lipinski definition) is 3. The molecule has 3 nitrogen and oxygen atoms in total. The quantitative estimate of drug-likeness (QED) is 0.864. The summed E-state index contributed by atoms with van der Waals surface area (Å²) in [5, 5.41) is 0.677. The van der Waals surface area contributed by atoms with Crippen LogP contribution >= 0.6 is 11.3 Å². The van der Waals surface area contributed by atoms with E-state index in [9.17, 15) is 9.18 Å². The Kier molecular flexibility index (Phi) is 3.95. The molecule has 0 radical (unpaired) electrons. The summed E-state index contributed by atoms with van der Waals surface area (Å²) in [6.45, 7) is 3.89. The lowest BCUT2D eigenvalue weighted by atomic mass is 10.1. The summed E-state index contributed by atoms with van der Waals surface area (Å²) >= 11 is 1.48. The zero-order valence-electron chi connectivity index (χ0n) is 11.1. The number of thiazole rings is 1. The normalized spacial score (nSPS) is 10.5. The molecule has 0 atom stereocenters. The van der Waals surface area contributed by atoms with Gasteiger partial charge < -0.3 is 0 Å². The third-order valence-corrected chi connectivity index (χ3v) is 4.07. The smallest absolute Gasteiger partial charge is 0.232 e. The van der Waals surface area contributed by atoms with E-state index in [4.69, 9.17) is 0 Å². The number of aryl methyl sites for hydroxylation is 2. The number of rotatable bonds is 3. The summed E-state index contributed by atoms with van der Waals surface area (Å²) in [5.74, 6) is -0.423. The average molecular weight is 278 g/mol. The number of carbonyl (C=O) groups excluding carboxylic acids is 1. The molecule has 0 aliphatic carbocycles. The van der Waals surface area contributed by atoms with Crippen molar-refractivity contribution in [3.05, 3.63) is 46.2 Å². The molecule has 1 aromatic carbocycles. The van der Waals surface area contributed by atoms with Crippen molar-refractivity contribution in [2.45, 2.75) is 20.3 Å². The first-order chi connectivity index (χ1) is 8.97. The van der Waals surface area contributed by atoms with Crippen LogP contribution < -0.4 is 4.90 Å². The van der Waals surface area contributed by atoms with E-state index in [0.717, 1.165) is 10.6 Å². The van der Waals surface area contributed by atoms with Crippen molar-refractivity contribution >= 4 is 22.4 Å². The van der Waals surface area contributed by atoms with Crippen LogP contribution in [0.25, 0.3) is 0 Å². The maximum Gasteiger partial charge on any atom is 0.232 e. The zero-order chi connectivity index (χ0) is 14.0. The Labute approximate surface area is 115 Å². The summed E-state index contributed by atoms with van der Waals surface area (Å²) in [5.41, 5.74) is 1.60. The van der Waals surface area contributed by atoms with Gasteiger partial charge >= 0.3 is 0 Å². The topological polar surface area (TPSA) is 33.2 Å². The third kappa shape index (κ3) is 3.17. The maximum absolute atomic E-state index is 13.1. The van der Waals surface area contributed by atoms with Gasteiger partial charge in [-0.2, -0.15) is 0 Å². The van der Waals surface area contributed by atoms with Gasteiger partial charge in [-0.15, -0.1) is 11.3 Å². The molecule has 2 aromatic rings. The van der Waals surface area contributed by atoms with Crippen LogP contribution in [0.2, 0.25) is 0 Å². The lowest BCUT2D eigenvalue weighted by Gasteiger charge is -2.13. The van der Waals surface area contributed by atoms with Crippen LogP contribution in [-0.4, -0.2) is 17.9 Å². The van der Waals surface area contributed by atoms with Crippen molar-refractivity contribution in [3.8, 4) is 0 Å². The molecule has 0 N–H and O–H groups in total. The number of benzene rings is 1. The molecule has 0 aliphatic heterocycles. The van der Waals surface area contributed by atoms with Crippen molar-refractivity contribution in [2.24, 2.45) is 0 Å². The second kappa shape index (κ2) is 5.48. The van der Waals surface area contributed by atoms with E-state index in [1.165, 1.54) is 28.4 Å². The molecule has 0 bridgehead atoms. The summed E-state index contributed by atoms with van der Waals surface area (Å²) in [7, 11) is 1.69. The zero-order valence-corrected chi connectivity index (χ0v) is 11.9. The summed E-state index contributed by atoms with van der Waals surface area (Å²) in [6.07, 6.45) is 0.173. The van der Waals surface area contributed by atoms with Gasteiger partial charge in [-0.3, -0.25) is 9.69 Å². The number of nitrogens with zero attached hydrogens (tertiary/aromatic N) is 2. The molecule has 1 amide bonds. The largest absolute Gasteiger partial charge is 0.291 e. The molecule has 19 heavy (non-hydrogen) atoms. The third-order valence-electron chi connectivity index (χ3n) is 2.92. The Morgan fingerprint density at radius 3 is 2.74 bits per heavy atom. The van der Waals surface area contributed by atoms with E-state index in [1.54, 1.807) is 19.2 Å². The highest BCUT2D eigenvalue weighted by atomic mass is 32.1. The molecule has 5 heteroatoms. The Balaban J connectivity index is 2.11. The molecule has 0 aliphatic rings. The minimum absolute atomic E-state index is 0.0978. The molecule has 0 saturated heterocycles. The first-order valence-corrected chi connectivity index (χ1v) is 6.74. The van der Waals surface area contributed by atoms with Crippen LogP contribution in [0, 0.1) is 19.7 Å². The Morgan fingerprint density at radius 1 is 1.42 bits per heavy atom. The molecular formula is C14H15FN2OS. The molecule has 100 valence electrons. The number of carbonyl (C=O) groups is 1. The lowest BCUT2D eigenvalue weighted by molar-refractivity contribution is -0.117. The summed E-state index contributed by atoms with van der Waals surface area (Å²) in [6, 6.07) is 6.10. The van der Waals surface area contributed by atoms with Crippen LogP contribution in [0.15, 0.2) is 24.3 Å². The van der Waals surface area contributed by atoms with E-state index in [2.05, 4.69) is 4.98 Å². The van der Waals surface area contributed by atoms with E-state index in [-0.39, 0.29) is 18.1 Å². The van der Waals surface area contributed by atoms with Gasteiger partial charge in [-0.25, -0.2) is 9.37 Å². The molecule has 1 aromatic heterocycles. The fourth-order valence-corrected chi connectivity index (χ4v) is 2.53. The van der Waals surface area contributed by atoms with Crippen molar-refractivity contribution in [1.29, 1.82) is 0 Å². The highest BCUT2D eigenvalue weighted by Crippen LogP contribution is 2.24. The Hall–Kier alpha value is -1.75. The second-order valence-corrected chi connectivity index (χ2v) is 5.58. The van der Waals surface area contributed by atoms with Gasteiger partial charge in [0, 0.05) is 11.9 Å². The van der Waals surface area contributed by atoms with E-state index in [1.807, 2.05) is 13.8 Å². The Morgan fingerprint density at radius 2 is 2.16 bits per heavy atom. The second-order valence-electron chi connectivity index (χ2n) is 4.40. The summed E-state index contributed by atoms with van der Waals surface area (Å²) in [4.78, 5) is 19.1. The predicted molar refractivity (Wildman–Crippen MR) is 75.1 cm³/mol. The predicted octanol–water partition coefficient (Wildman–Crippen LogP) is 3.10. The van der Waals surface area contributed by atoms with Gasteiger partial charge in [0.1, 0.15) is 5.82 Å². The number of aromatic nitrogens is 1. The highest BCUT2D eigenvalue weighted by Gasteiger charge is 2.16. The minimum Gasteiger partial charge on any atom is -0.291 e. The molecular weight excluding hydrogens is 263 g/mol. The number of anilines is 1. The van der Waals surface area contributed by atoms with Gasteiger partial charge in [0.2, 0.25) is 5.91 Å². The van der Waals surface area contributed by atoms with E-state index in [0.29, 0.717) is 10.7 Å². The van der Waals surface area contributed by atoms with Crippen molar-refractivity contribution in [2.75, 3.05) is 11.9 Å². The monoisotopic (exact) mass is 278 g/mol. The highest BCUT2D eigenvalue weighted by molar-refractivity contribution is 7.15. The van der Waals surface area contributed by atoms with Crippen LogP contribution in [0.3, 0.4) is 0 Å². The molecule has 2 rings (SSSR count). The summed E-state index contributed by atoms with van der Waals surface area (Å²) < 4.78 is 13.1. The van der Waals surface area contributed by atoms with Gasteiger partial charge in [-0.1, -0.05) is 12.1 Å². The van der Waals surface area contributed by atoms with Crippen molar-refractivity contribution in [1.82, 2.24) is 4.98 Å². The fourth-order valence-electron chi connectivity index (χ4n) is 1.65. The molecule has 1 heterocycles.